The molecule has 0 N–H and O–H groups in total. The molecule has 0 radical (unpaired) electrons. The van der Waals surface area contributed by atoms with Crippen LogP contribution in [0.15, 0.2) is 24.3 Å². The summed E-state index contributed by atoms with van der Waals surface area (Å²) in [5.74, 6) is 0. The van der Waals surface area contributed by atoms with Gasteiger partial charge in [0.15, 0.2) is 0 Å². The smallest absolute Gasteiger partial charge is 0.397 e. The Morgan fingerprint density at radius 1 is 0.688 bits per heavy atom. The van der Waals surface area contributed by atoms with Crippen LogP contribution in [-0.4, -0.2) is 29.9 Å². The van der Waals surface area contributed by atoms with Crippen molar-refractivity contribution in [1.82, 2.24) is 0 Å². The highest BCUT2D eigenvalue weighted by molar-refractivity contribution is 5.60. The molecule has 0 aromatic heterocycles. The maximum Gasteiger partial charge on any atom is 0.513 e. The summed E-state index contributed by atoms with van der Waals surface area (Å²) in [6.45, 7) is 31.0. The van der Waals surface area contributed by atoms with E-state index in [2.05, 4.69) is 54.7 Å². The number of carbonyl (C=O) groups is 1. The third-order valence-electron chi connectivity index (χ3n) is 6.93. The summed E-state index contributed by atoms with van der Waals surface area (Å²) in [5, 5.41) is 0. The van der Waals surface area contributed by atoms with Gasteiger partial charge < -0.3 is 9.47 Å². The van der Waals surface area contributed by atoms with Crippen molar-refractivity contribution in [3.8, 4) is 0 Å². The summed E-state index contributed by atoms with van der Waals surface area (Å²) in [4.78, 5) is 34.6. The first-order chi connectivity index (χ1) is 14.3. The Hall–Kier alpha value is -1.41. The van der Waals surface area contributed by atoms with Crippen LogP contribution in [0.25, 0.3) is 0 Å². The molecule has 0 aromatic rings. The highest BCUT2D eigenvalue weighted by atomic mass is 17.2. The van der Waals surface area contributed by atoms with E-state index >= 15 is 0 Å². The van der Waals surface area contributed by atoms with E-state index in [-0.39, 0.29) is 10.8 Å². The van der Waals surface area contributed by atoms with E-state index in [1.165, 1.54) is 0 Å². The number of carbonyl (C=O) groups excluding carboxylic acids is 1. The molecule has 0 saturated carbocycles. The first-order valence-corrected chi connectivity index (χ1v) is 11.2. The molecule has 0 bridgehead atoms. The molecule has 0 aliphatic heterocycles. The lowest BCUT2D eigenvalue weighted by molar-refractivity contribution is -0.429. The van der Waals surface area contributed by atoms with Crippen LogP contribution >= 0.6 is 0 Å². The van der Waals surface area contributed by atoms with Crippen LogP contribution in [0.5, 0.6) is 0 Å². The fourth-order valence-electron chi connectivity index (χ4n) is 2.01. The second-order valence-electron chi connectivity index (χ2n) is 10.7. The molecule has 0 aliphatic carbocycles. The average Bonchev–Trinajstić information content (AvgIpc) is 2.67. The largest absolute Gasteiger partial charge is 0.513 e. The van der Waals surface area contributed by atoms with E-state index in [9.17, 15) is 4.79 Å². The fraction of sp³-hybridized carbons (Fsp3) is 0.800. The molecule has 2 atom stereocenters. The van der Waals surface area contributed by atoms with Crippen molar-refractivity contribution in [3.05, 3.63) is 24.3 Å². The Morgan fingerprint density at radius 2 is 0.969 bits per heavy atom. The van der Waals surface area contributed by atoms with Gasteiger partial charge in [0.05, 0.1) is 0 Å². The molecular weight excluding hydrogens is 412 g/mol. The van der Waals surface area contributed by atoms with Gasteiger partial charge in [-0.25, -0.2) is 14.6 Å². The van der Waals surface area contributed by atoms with E-state index in [1.54, 1.807) is 13.8 Å². The van der Waals surface area contributed by atoms with Crippen molar-refractivity contribution in [2.24, 2.45) is 10.8 Å². The van der Waals surface area contributed by atoms with Gasteiger partial charge in [-0.15, -0.1) is 0 Å². The van der Waals surface area contributed by atoms with Crippen LogP contribution in [0, 0.1) is 10.8 Å². The van der Waals surface area contributed by atoms with Crippen molar-refractivity contribution < 1.29 is 33.8 Å². The molecule has 0 saturated heterocycles. The Balaban J connectivity index is 5.12. The number of hydrogen-bond donors (Lipinski definition) is 0. The molecule has 7 heteroatoms. The molecule has 2 unspecified atom stereocenters. The molecule has 0 fully saturated rings. The summed E-state index contributed by atoms with van der Waals surface area (Å²) < 4.78 is 10.5. The van der Waals surface area contributed by atoms with Crippen LogP contribution in [0.4, 0.5) is 4.79 Å². The molecule has 32 heavy (non-hydrogen) atoms. The quantitative estimate of drug-likeness (QED) is 0.0890. The second-order valence-corrected chi connectivity index (χ2v) is 10.7. The number of rotatable bonds is 14. The molecule has 0 aliphatic rings. The highest BCUT2D eigenvalue weighted by Crippen LogP contribution is 2.38. The first-order valence-electron chi connectivity index (χ1n) is 11.2. The van der Waals surface area contributed by atoms with Gasteiger partial charge in [-0.05, 0) is 76.4 Å². The fourth-order valence-corrected chi connectivity index (χ4v) is 2.01. The normalized spacial score (nSPS) is 15.1. The number of ether oxygens (including phenoxy) is 2. The molecule has 0 heterocycles. The Morgan fingerprint density at radius 3 is 1.19 bits per heavy atom. The van der Waals surface area contributed by atoms with Crippen molar-refractivity contribution in [3.63, 3.8) is 0 Å². The maximum absolute atomic E-state index is 12.4. The zero-order valence-electron chi connectivity index (χ0n) is 22.3. The van der Waals surface area contributed by atoms with Gasteiger partial charge in [0, 0.05) is 0 Å². The lowest BCUT2D eigenvalue weighted by atomic mass is 9.75. The second kappa shape index (κ2) is 11.6. The molecule has 0 amide bonds. The third-order valence-corrected chi connectivity index (χ3v) is 6.93. The van der Waals surface area contributed by atoms with Gasteiger partial charge in [0.25, 0.3) is 12.6 Å². The van der Waals surface area contributed by atoms with E-state index in [4.69, 9.17) is 29.0 Å². The maximum atomic E-state index is 12.4. The zero-order valence-corrected chi connectivity index (χ0v) is 22.3. The molecule has 0 aromatic carbocycles. The van der Waals surface area contributed by atoms with Crippen molar-refractivity contribution >= 4 is 6.16 Å². The molecule has 7 nitrogen and oxygen atoms in total. The topological polar surface area (TPSA) is 72.5 Å². The zero-order chi connectivity index (χ0) is 25.5. The Bertz CT molecular complexity index is 593. The molecule has 188 valence electrons. The third kappa shape index (κ3) is 8.50. The first kappa shape index (κ1) is 30.6. The minimum Gasteiger partial charge on any atom is -0.397 e. The summed E-state index contributed by atoms with van der Waals surface area (Å²) >= 11 is 0. The lowest BCUT2D eigenvalue weighted by Gasteiger charge is -2.40. The Kier molecular flexibility index (Phi) is 11.1. The van der Waals surface area contributed by atoms with Crippen molar-refractivity contribution in [1.29, 1.82) is 0 Å². The summed E-state index contributed by atoms with van der Waals surface area (Å²) in [5.41, 5.74) is -0.774. The molecule has 0 spiro atoms. The van der Waals surface area contributed by atoms with Gasteiger partial charge in [-0.2, -0.15) is 9.78 Å². The Labute approximate surface area is 195 Å². The molecular formula is C25H46O7. The standard InChI is InChI=1S/C25H46O7/c1-15-22(7,8)24(11,12)31-29-19(17(3)4)27-21(26)28-20(18(5)6)30-32-25(13,14)23(9,10)16-2/h19-20H,3,5,15-16H2,1-2,4,6-14H3. The van der Waals surface area contributed by atoms with Gasteiger partial charge >= 0.3 is 6.16 Å². The minimum absolute atomic E-state index is 0.178. The van der Waals surface area contributed by atoms with Gasteiger partial charge in [0.2, 0.25) is 0 Å². The van der Waals surface area contributed by atoms with E-state index in [1.807, 2.05) is 27.7 Å². The number of hydrogen-bond acceptors (Lipinski definition) is 7. The van der Waals surface area contributed by atoms with Crippen LogP contribution in [0.2, 0.25) is 0 Å². The SMILES string of the molecule is C=C(C)C(OOC(C)(C)C(C)(C)CC)OC(=O)OC(OOC(C)(C)C(C)(C)CC)C(=C)C. The van der Waals surface area contributed by atoms with Crippen LogP contribution in [0.1, 0.15) is 95.9 Å². The molecule has 0 rings (SSSR count). The summed E-state index contributed by atoms with van der Waals surface area (Å²) in [6.07, 6.45) is -1.61. The van der Waals surface area contributed by atoms with E-state index in [0.717, 1.165) is 12.8 Å². The van der Waals surface area contributed by atoms with Gasteiger partial charge in [-0.3, -0.25) is 0 Å². The predicted molar refractivity (Wildman–Crippen MR) is 125 cm³/mol. The van der Waals surface area contributed by atoms with Gasteiger partial charge in [0.1, 0.15) is 11.2 Å². The summed E-state index contributed by atoms with van der Waals surface area (Å²) in [6, 6.07) is 0. The van der Waals surface area contributed by atoms with Crippen LogP contribution in [0.3, 0.4) is 0 Å². The van der Waals surface area contributed by atoms with E-state index in [0.29, 0.717) is 11.1 Å². The van der Waals surface area contributed by atoms with Crippen LogP contribution < -0.4 is 0 Å². The predicted octanol–water partition coefficient (Wildman–Crippen LogP) is 7.27. The summed E-state index contributed by atoms with van der Waals surface area (Å²) in [7, 11) is 0. The van der Waals surface area contributed by atoms with Crippen molar-refractivity contribution in [2.75, 3.05) is 0 Å². The van der Waals surface area contributed by atoms with E-state index < -0.39 is 29.9 Å². The van der Waals surface area contributed by atoms with Crippen LogP contribution in [-0.2, 0) is 29.0 Å². The monoisotopic (exact) mass is 458 g/mol. The minimum atomic E-state index is -1.16. The van der Waals surface area contributed by atoms with Crippen molar-refractivity contribution in [2.45, 2.75) is 120 Å². The lowest BCUT2D eigenvalue weighted by Crippen LogP contribution is -2.43. The average molecular weight is 459 g/mol. The highest BCUT2D eigenvalue weighted by Gasteiger charge is 2.40. The van der Waals surface area contributed by atoms with Gasteiger partial charge in [-0.1, -0.05) is 54.7 Å².